The first-order valence-electron chi connectivity index (χ1n) is 10.7. The van der Waals surface area contributed by atoms with Gasteiger partial charge < -0.3 is 9.16 Å². The summed E-state index contributed by atoms with van der Waals surface area (Å²) in [6, 6.07) is 9.17. The maximum atomic E-state index is 13.1. The first-order chi connectivity index (χ1) is 13.9. The Kier molecular flexibility index (Phi) is 7.69. The van der Waals surface area contributed by atoms with Gasteiger partial charge in [-0.2, -0.15) is 0 Å². The summed E-state index contributed by atoms with van der Waals surface area (Å²) in [6.45, 7) is 18.0. The summed E-state index contributed by atoms with van der Waals surface area (Å²) in [5.41, 5.74) is 0.498. The van der Waals surface area contributed by atoms with Crippen LogP contribution < -0.4 is 0 Å². The largest absolute Gasteiger partial charge is 0.446 e. The number of carbonyl (C=O) groups is 2. The van der Waals surface area contributed by atoms with Crippen molar-refractivity contribution >= 4 is 20.3 Å². The number of allylic oxidation sites excluding steroid dienone is 1. The van der Waals surface area contributed by atoms with E-state index in [1.54, 1.807) is 0 Å². The van der Waals surface area contributed by atoms with Gasteiger partial charge in [0.25, 0.3) is 0 Å². The van der Waals surface area contributed by atoms with E-state index in [4.69, 9.17) is 9.16 Å². The Labute approximate surface area is 182 Å². The fourth-order valence-corrected chi connectivity index (χ4v) is 4.42. The molecule has 2 rings (SSSR count). The molecule has 1 fully saturated rings. The van der Waals surface area contributed by atoms with Crippen molar-refractivity contribution in [1.29, 1.82) is 0 Å². The minimum atomic E-state index is -1.78. The van der Waals surface area contributed by atoms with Crippen LogP contribution in [-0.2, 0) is 14.0 Å². The van der Waals surface area contributed by atoms with Crippen LogP contribution >= 0.6 is 0 Å². The average Bonchev–Trinajstić information content (AvgIpc) is 3.07. The van der Waals surface area contributed by atoms with E-state index in [9.17, 15) is 9.59 Å². The average molecular weight is 432 g/mol. The second kappa shape index (κ2) is 9.48. The molecule has 6 heteroatoms. The first-order valence-corrected chi connectivity index (χ1v) is 13.6. The predicted octanol–water partition coefficient (Wildman–Crippen LogP) is 6.09. The number of ether oxygens (including phenoxy) is 1. The monoisotopic (exact) mass is 431 g/mol. The number of imide groups is 1. The molecule has 2 atom stereocenters. The van der Waals surface area contributed by atoms with E-state index >= 15 is 0 Å². The molecule has 166 valence electrons. The maximum absolute atomic E-state index is 13.1. The highest BCUT2D eigenvalue weighted by molar-refractivity contribution is 6.74. The van der Waals surface area contributed by atoms with Crippen molar-refractivity contribution in [2.45, 2.75) is 71.1 Å². The fourth-order valence-electron chi connectivity index (χ4n) is 3.33. The van der Waals surface area contributed by atoms with E-state index in [1.807, 2.05) is 43.3 Å². The molecule has 0 radical (unpaired) electrons. The molecule has 1 aliphatic rings. The Bertz CT molecular complexity index is 756. The second-order valence-electron chi connectivity index (χ2n) is 10.0. The van der Waals surface area contributed by atoms with Gasteiger partial charge in [-0.1, -0.05) is 64.1 Å². The van der Waals surface area contributed by atoms with Gasteiger partial charge in [0.1, 0.15) is 12.6 Å². The van der Waals surface area contributed by atoms with E-state index in [-0.39, 0.29) is 30.0 Å². The zero-order chi connectivity index (χ0) is 22.6. The summed E-state index contributed by atoms with van der Waals surface area (Å²) in [7, 11) is -1.78. The molecule has 1 saturated heterocycles. The zero-order valence-electron chi connectivity index (χ0n) is 19.4. The summed E-state index contributed by atoms with van der Waals surface area (Å²) in [5, 5.41) is 0.174. The van der Waals surface area contributed by atoms with E-state index < -0.39 is 19.8 Å². The quantitative estimate of drug-likeness (QED) is 0.270. The fraction of sp³-hybridized carbons (Fsp3) is 0.583. The van der Waals surface area contributed by atoms with Gasteiger partial charge in [-0.3, -0.25) is 4.79 Å². The summed E-state index contributed by atoms with van der Waals surface area (Å²) in [6.07, 6.45) is 3.09. The molecule has 0 saturated carbocycles. The van der Waals surface area contributed by atoms with Crippen LogP contribution in [0.5, 0.6) is 0 Å². The van der Waals surface area contributed by atoms with Gasteiger partial charge in [0.2, 0.25) is 5.91 Å². The van der Waals surface area contributed by atoms with Gasteiger partial charge in [0, 0.05) is 13.0 Å². The van der Waals surface area contributed by atoms with Gasteiger partial charge in [-0.15, -0.1) is 6.58 Å². The Morgan fingerprint density at radius 1 is 1.27 bits per heavy atom. The SMILES string of the molecule is C=C[C@](C)(CCCO[Si](C)(C)C(C)(C)C)CC(=O)N1C(=O)OC[C@@H]1c1ccccc1. The smallest absolute Gasteiger partial charge is 0.417 e. The molecule has 0 unspecified atom stereocenters. The molecule has 1 aromatic rings. The molecule has 0 bridgehead atoms. The van der Waals surface area contributed by atoms with Crippen LogP contribution in [0.25, 0.3) is 0 Å². The highest BCUT2D eigenvalue weighted by Gasteiger charge is 2.41. The van der Waals surface area contributed by atoms with Crippen molar-refractivity contribution in [3.8, 4) is 0 Å². The van der Waals surface area contributed by atoms with E-state index in [0.717, 1.165) is 18.4 Å². The number of cyclic esters (lactones) is 1. The minimum Gasteiger partial charge on any atom is -0.446 e. The lowest BCUT2D eigenvalue weighted by atomic mass is 9.81. The lowest BCUT2D eigenvalue weighted by molar-refractivity contribution is -0.131. The normalized spacial score (nSPS) is 19.3. The zero-order valence-corrected chi connectivity index (χ0v) is 20.4. The van der Waals surface area contributed by atoms with Crippen molar-refractivity contribution in [3.05, 3.63) is 48.6 Å². The molecule has 2 amide bonds. The number of amides is 2. The standard InChI is InChI=1S/C24H37NO4Si/c1-8-24(5,15-12-16-29-30(6,7)23(2,3)4)17-21(26)25-20(18-28-22(25)27)19-13-10-9-11-14-19/h8-11,13-14,20H,1,12,15-18H2,2-7H3/t20-,24-/m1/s1. The number of carbonyl (C=O) groups excluding carboxylic acids is 2. The van der Waals surface area contributed by atoms with Crippen molar-refractivity contribution in [1.82, 2.24) is 4.90 Å². The van der Waals surface area contributed by atoms with Crippen molar-refractivity contribution in [2.75, 3.05) is 13.2 Å². The van der Waals surface area contributed by atoms with E-state index in [1.165, 1.54) is 4.90 Å². The third kappa shape index (κ3) is 5.82. The summed E-state index contributed by atoms with van der Waals surface area (Å²) in [4.78, 5) is 26.6. The van der Waals surface area contributed by atoms with Gasteiger partial charge >= 0.3 is 6.09 Å². The molecular weight excluding hydrogens is 394 g/mol. The lowest BCUT2D eigenvalue weighted by Crippen LogP contribution is -2.41. The summed E-state index contributed by atoms with van der Waals surface area (Å²) < 4.78 is 11.5. The van der Waals surface area contributed by atoms with Crippen LogP contribution in [0.2, 0.25) is 18.1 Å². The third-order valence-electron chi connectivity index (χ3n) is 6.54. The highest BCUT2D eigenvalue weighted by atomic mass is 28.4. The Hall–Kier alpha value is -1.92. The molecule has 0 spiro atoms. The molecule has 0 aromatic heterocycles. The predicted molar refractivity (Wildman–Crippen MR) is 123 cm³/mol. The topological polar surface area (TPSA) is 55.8 Å². The van der Waals surface area contributed by atoms with Crippen molar-refractivity contribution in [2.24, 2.45) is 5.41 Å². The van der Waals surface area contributed by atoms with Crippen LogP contribution in [0.1, 0.15) is 58.6 Å². The first kappa shape index (κ1) is 24.3. The van der Waals surface area contributed by atoms with Gasteiger partial charge in [-0.05, 0) is 42.0 Å². The number of benzene rings is 1. The summed E-state index contributed by atoms with van der Waals surface area (Å²) >= 11 is 0. The van der Waals surface area contributed by atoms with Crippen LogP contribution in [0.3, 0.4) is 0 Å². The number of rotatable bonds is 9. The van der Waals surface area contributed by atoms with Crippen LogP contribution in [0.4, 0.5) is 4.79 Å². The summed E-state index contributed by atoms with van der Waals surface area (Å²) in [5.74, 6) is -0.223. The van der Waals surface area contributed by atoms with Crippen molar-refractivity contribution < 1.29 is 18.8 Å². The maximum Gasteiger partial charge on any atom is 0.417 e. The highest BCUT2D eigenvalue weighted by Crippen LogP contribution is 2.38. The van der Waals surface area contributed by atoms with Crippen LogP contribution in [0.15, 0.2) is 43.0 Å². The third-order valence-corrected chi connectivity index (χ3v) is 11.1. The number of nitrogens with zero attached hydrogens (tertiary/aromatic N) is 1. The molecule has 1 aromatic carbocycles. The molecule has 30 heavy (non-hydrogen) atoms. The Morgan fingerprint density at radius 2 is 1.90 bits per heavy atom. The van der Waals surface area contributed by atoms with Gasteiger partial charge in [-0.25, -0.2) is 9.69 Å². The Balaban J connectivity index is 1.98. The molecule has 1 aliphatic heterocycles. The molecule has 5 nitrogen and oxygen atoms in total. The molecule has 0 aliphatic carbocycles. The number of hydrogen-bond acceptors (Lipinski definition) is 4. The number of hydrogen-bond donors (Lipinski definition) is 0. The lowest BCUT2D eigenvalue weighted by Gasteiger charge is -2.36. The Morgan fingerprint density at radius 3 is 2.47 bits per heavy atom. The van der Waals surface area contributed by atoms with Crippen LogP contribution in [0, 0.1) is 5.41 Å². The minimum absolute atomic E-state index is 0.174. The van der Waals surface area contributed by atoms with Gasteiger partial charge in [0.15, 0.2) is 8.32 Å². The molecular formula is C24H37NO4Si. The van der Waals surface area contributed by atoms with E-state index in [2.05, 4.69) is 40.4 Å². The van der Waals surface area contributed by atoms with Gasteiger partial charge in [0.05, 0.1) is 0 Å². The second-order valence-corrected chi connectivity index (χ2v) is 14.8. The van der Waals surface area contributed by atoms with Crippen molar-refractivity contribution in [3.63, 3.8) is 0 Å². The molecule has 1 heterocycles. The van der Waals surface area contributed by atoms with Crippen LogP contribution in [-0.4, -0.2) is 38.4 Å². The molecule has 0 N–H and O–H groups in total. The van der Waals surface area contributed by atoms with E-state index in [0.29, 0.717) is 6.61 Å².